The van der Waals surface area contributed by atoms with Crippen molar-refractivity contribution in [1.29, 1.82) is 0 Å². The molecule has 12 heavy (non-hydrogen) atoms. The number of hydrogen-bond donors (Lipinski definition) is 0. The van der Waals surface area contributed by atoms with Gasteiger partial charge in [-0.25, -0.2) is 0 Å². The number of nitrogens with zero attached hydrogens (tertiary/aromatic N) is 1. The first kappa shape index (κ1) is 11.4. The van der Waals surface area contributed by atoms with Gasteiger partial charge in [-0.2, -0.15) is 0 Å². The van der Waals surface area contributed by atoms with Crippen LogP contribution in [0, 0.1) is 0 Å². The van der Waals surface area contributed by atoms with E-state index in [-0.39, 0.29) is 0 Å². The summed E-state index contributed by atoms with van der Waals surface area (Å²) in [4.78, 5) is 0. The van der Waals surface area contributed by atoms with Crippen LogP contribution in [0.5, 0.6) is 0 Å². The van der Waals surface area contributed by atoms with Crippen molar-refractivity contribution in [2.24, 2.45) is 0 Å². The van der Waals surface area contributed by atoms with Crippen LogP contribution in [-0.2, 0) is 0 Å². The fraction of sp³-hybridized carbons (Fsp3) is 0.636. The molecule has 0 saturated carbocycles. The highest BCUT2D eigenvalue weighted by atomic mass is 15.3. The molecular weight excluding hydrogens is 146 g/mol. The van der Waals surface area contributed by atoms with Crippen LogP contribution in [0.2, 0.25) is 0 Å². The number of likely N-dealkylation sites (N-methyl/N-ethyl adjacent to an activating group) is 1. The van der Waals surface area contributed by atoms with Gasteiger partial charge < -0.3 is 0 Å². The second kappa shape index (κ2) is 5.15. The van der Waals surface area contributed by atoms with Crippen molar-refractivity contribution in [3.8, 4) is 0 Å². The quantitative estimate of drug-likeness (QED) is 0.437. The summed E-state index contributed by atoms with van der Waals surface area (Å²) in [5.74, 6) is 0. The molecule has 1 unspecified atom stereocenters. The number of quaternary nitrogens is 1. The van der Waals surface area contributed by atoms with Crippen molar-refractivity contribution in [3.63, 3.8) is 0 Å². The molecule has 0 rings (SSSR count). The van der Waals surface area contributed by atoms with Crippen LogP contribution in [0.3, 0.4) is 0 Å². The van der Waals surface area contributed by atoms with Crippen LogP contribution in [0.1, 0.15) is 27.2 Å². The Hall–Kier alpha value is -0.560. The van der Waals surface area contributed by atoms with E-state index < -0.39 is 0 Å². The zero-order valence-electron chi connectivity index (χ0n) is 8.93. The van der Waals surface area contributed by atoms with Crippen molar-refractivity contribution in [3.05, 3.63) is 24.4 Å². The maximum absolute atomic E-state index is 3.96. The van der Waals surface area contributed by atoms with E-state index in [4.69, 9.17) is 0 Å². The Labute approximate surface area is 77.0 Å². The first-order chi connectivity index (χ1) is 5.54. The molecule has 70 valence electrons. The Morgan fingerprint density at radius 2 is 2.08 bits per heavy atom. The standard InChI is InChI=1S/C11H22N/c1-6-8-12(5,9-7-2)10-11(3)4/h6,8H,3,7,9-10H2,1-2,4-5H3/q+1. The third kappa shape index (κ3) is 4.35. The molecule has 0 radical (unpaired) electrons. The molecule has 0 aromatic rings. The Balaban J connectivity index is 4.27. The van der Waals surface area contributed by atoms with Crippen LogP contribution in [0.4, 0.5) is 0 Å². The SMILES string of the molecule is C=C(C)C[N+](C)(C=CC)CCC. The van der Waals surface area contributed by atoms with E-state index in [1.165, 1.54) is 18.5 Å². The Morgan fingerprint density at radius 1 is 1.50 bits per heavy atom. The molecule has 0 aliphatic carbocycles. The zero-order valence-corrected chi connectivity index (χ0v) is 8.93. The average Bonchev–Trinajstić information content (AvgIpc) is 1.85. The minimum Gasteiger partial charge on any atom is -0.297 e. The highest BCUT2D eigenvalue weighted by Gasteiger charge is 2.16. The smallest absolute Gasteiger partial charge is 0.104 e. The summed E-state index contributed by atoms with van der Waals surface area (Å²) >= 11 is 0. The third-order valence-electron chi connectivity index (χ3n) is 1.87. The summed E-state index contributed by atoms with van der Waals surface area (Å²) in [6, 6.07) is 0. The van der Waals surface area contributed by atoms with Crippen molar-refractivity contribution in [2.45, 2.75) is 27.2 Å². The molecule has 1 nitrogen and oxygen atoms in total. The maximum atomic E-state index is 3.96. The normalized spacial score (nSPS) is 16.3. The van der Waals surface area contributed by atoms with Gasteiger partial charge in [0.2, 0.25) is 0 Å². The minimum atomic E-state index is 0.988. The molecule has 0 bridgehead atoms. The van der Waals surface area contributed by atoms with Gasteiger partial charge in [-0.15, -0.1) is 0 Å². The molecule has 0 aromatic carbocycles. The molecule has 0 fully saturated rings. The lowest BCUT2D eigenvalue weighted by Crippen LogP contribution is -2.40. The first-order valence-corrected chi connectivity index (χ1v) is 4.66. The van der Waals surface area contributed by atoms with Crippen LogP contribution < -0.4 is 0 Å². The van der Waals surface area contributed by atoms with Gasteiger partial charge in [0.25, 0.3) is 0 Å². The van der Waals surface area contributed by atoms with Gasteiger partial charge in [-0.05, 0) is 31.9 Å². The summed E-state index contributed by atoms with van der Waals surface area (Å²) in [7, 11) is 2.25. The molecule has 0 aromatic heterocycles. The lowest BCUT2D eigenvalue weighted by Gasteiger charge is -2.30. The lowest BCUT2D eigenvalue weighted by atomic mass is 10.2. The van der Waals surface area contributed by atoms with E-state index in [0.717, 1.165) is 11.0 Å². The van der Waals surface area contributed by atoms with Crippen molar-refractivity contribution in [2.75, 3.05) is 20.1 Å². The summed E-state index contributed by atoms with van der Waals surface area (Å²) in [5.41, 5.74) is 1.25. The van der Waals surface area contributed by atoms with Crippen LogP contribution >= 0.6 is 0 Å². The summed E-state index contributed by atoms with van der Waals surface area (Å²) in [6.45, 7) is 12.6. The van der Waals surface area contributed by atoms with E-state index in [1.807, 2.05) is 0 Å². The Bertz CT molecular complexity index is 170. The molecule has 1 heteroatoms. The summed E-state index contributed by atoms with van der Waals surface area (Å²) in [6.07, 6.45) is 5.59. The van der Waals surface area contributed by atoms with Gasteiger partial charge in [0, 0.05) is 0 Å². The van der Waals surface area contributed by atoms with Crippen LogP contribution in [0.25, 0.3) is 0 Å². The van der Waals surface area contributed by atoms with Crippen molar-refractivity contribution < 1.29 is 4.48 Å². The van der Waals surface area contributed by atoms with E-state index in [1.54, 1.807) is 0 Å². The molecule has 0 aliphatic heterocycles. The Kier molecular flexibility index (Phi) is 4.91. The molecule has 0 saturated heterocycles. The van der Waals surface area contributed by atoms with Crippen molar-refractivity contribution in [1.82, 2.24) is 0 Å². The molecule has 1 atom stereocenters. The maximum Gasteiger partial charge on any atom is 0.104 e. The zero-order chi connectivity index (χ0) is 9.61. The van der Waals surface area contributed by atoms with Gasteiger partial charge in [-0.3, -0.25) is 4.48 Å². The fourth-order valence-corrected chi connectivity index (χ4v) is 1.69. The molecule has 0 N–H and O–H groups in total. The molecule has 0 heterocycles. The van der Waals surface area contributed by atoms with Gasteiger partial charge in [0.05, 0.1) is 19.8 Å². The predicted octanol–water partition coefficient (Wildman–Crippen LogP) is 2.95. The van der Waals surface area contributed by atoms with Crippen LogP contribution in [0.15, 0.2) is 24.4 Å². The summed E-state index contributed by atoms with van der Waals surface area (Å²) in [5, 5.41) is 0. The monoisotopic (exact) mass is 168 g/mol. The summed E-state index contributed by atoms with van der Waals surface area (Å²) < 4.78 is 0.988. The van der Waals surface area contributed by atoms with Crippen molar-refractivity contribution >= 4 is 0 Å². The van der Waals surface area contributed by atoms with Crippen LogP contribution in [-0.4, -0.2) is 24.6 Å². The number of allylic oxidation sites excluding steroid dienone is 1. The predicted molar refractivity (Wildman–Crippen MR) is 55.8 cm³/mol. The molecule has 0 spiro atoms. The molecular formula is C11H22N+. The van der Waals surface area contributed by atoms with Gasteiger partial charge >= 0.3 is 0 Å². The largest absolute Gasteiger partial charge is 0.297 e. The van der Waals surface area contributed by atoms with E-state index in [0.29, 0.717) is 0 Å². The van der Waals surface area contributed by atoms with Gasteiger partial charge in [0.1, 0.15) is 6.54 Å². The van der Waals surface area contributed by atoms with E-state index in [2.05, 4.69) is 46.7 Å². The first-order valence-electron chi connectivity index (χ1n) is 4.66. The van der Waals surface area contributed by atoms with E-state index in [9.17, 15) is 0 Å². The van der Waals surface area contributed by atoms with Gasteiger partial charge in [0.15, 0.2) is 0 Å². The second-order valence-electron chi connectivity index (χ2n) is 3.80. The second-order valence-corrected chi connectivity index (χ2v) is 3.80. The lowest BCUT2D eigenvalue weighted by molar-refractivity contribution is -0.854. The fourth-order valence-electron chi connectivity index (χ4n) is 1.69. The van der Waals surface area contributed by atoms with Gasteiger partial charge in [-0.1, -0.05) is 13.5 Å². The Morgan fingerprint density at radius 3 is 2.42 bits per heavy atom. The topological polar surface area (TPSA) is 0 Å². The van der Waals surface area contributed by atoms with E-state index >= 15 is 0 Å². The average molecular weight is 168 g/mol. The number of rotatable bonds is 5. The third-order valence-corrected chi connectivity index (χ3v) is 1.87. The highest BCUT2D eigenvalue weighted by Crippen LogP contribution is 2.09. The molecule has 0 aliphatic rings. The minimum absolute atomic E-state index is 0.988. The number of hydrogen-bond acceptors (Lipinski definition) is 0. The molecule has 0 amide bonds. The highest BCUT2D eigenvalue weighted by molar-refractivity contribution is 4.89.